The van der Waals surface area contributed by atoms with Gasteiger partial charge in [0.2, 0.25) is 0 Å². The van der Waals surface area contributed by atoms with E-state index in [9.17, 15) is 4.79 Å². The Kier molecular flexibility index (Phi) is 4.20. The zero-order chi connectivity index (χ0) is 12.3. The highest BCUT2D eigenvalue weighted by molar-refractivity contribution is 14.1. The number of carbonyl (C=O) groups excluding carboxylic acids is 1. The molecule has 1 atom stereocenters. The molecule has 1 unspecified atom stereocenters. The minimum Gasteiger partial charge on any atom is -0.335 e. The Labute approximate surface area is 116 Å². The monoisotopic (exact) mass is 341 g/mol. The number of halogens is 1. The minimum atomic E-state index is 0.166. The van der Waals surface area contributed by atoms with Gasteiger partial charge in [-0.3, -0.25) is 4.79 Å². The Morgan fingerprint density at radius 1 is 1.53 bits per heavy atom. The van der Waals surface area contributed by atoms with E-state index in [1.807, 2.05) is 35.2 Å². The van der Waals surface area contributed by atoms with Crippen molar-refractivity contribution in [1.82, 2.24) is 4.90 Å². The van der Waals surface area contributed by atoms with Gasteiger partial charge in [-0.1, -0.05) is 18.2 Å². The van der Waals surface area contributed by atoms with Gasteiger partial charge in [-0.05, 0) is 54.0 Å². The summed E-state index contributed by atoms with van der Waals surface area (Å²) in [6.45, 7) is 4.65. The highest BCUT2D eigenvalue weighted by Gasteiger charge is 2.28. The highest BCUT2D eigenvalue weighted by atomic mass is 127. The first-order chi connectivity index (χ1) is 8.24. The van der Waals surface area contributed by atoms with Gasteiger partial charge < -0.3 is 4.90 Å². The normalized spacial score (nSPS) is 19.4. The van der Waals surface area contributed by atoms with E-state index >= 15 is 0 Å². The average molecular weight is 341 g/mol. The molecule has 0 saturated carbocycles. The topological polar surface area (TPSA) is 20.3 Å². The number of rotatable bonds is 3. The lowest BCUT2D eigenvalue weighted by Crippen LogP contribution is -2.35. The van der Waals surface area contributed by atoms with Crippen molar-refractivity contribution in [3.8, 4) is 0 Å². The van der Waals surface area contributed by atoms with Crippen LogP contribution in [0.3, 0.4) is 0 Å². The maximum atomic E-state index is 12.4. The second-order valence-electron chi connectivity index (χ2n) is 4.30. The maximum Gasteiger partial charge on any atom is 0.255 e. The van der Waals surface area contributed by atoms with Crippen LogP contribution in [-0.4, -0.2) is 23.4 Å². The van der Waals surface area contributed by atoms with E-state index in [4.69, 9.17) is 0 Å². The number of benzene rings is 1. The molecule has 1 saturated heterocycles. The van der Waals surface area contributed by atoms with Crippen molar-refractivity contribution in [1.29, 1.82) is 0 Å². The predicted octanol–water partition coefficient (Wildman–Crippen LogP) is 3.47. The summed E-state index contributed by atoms with van der Waals surface area (Å²) in [7, 11) is 0. The lowest BCUT2D eigenvalue weighted by Gasteiger charge is -2.24. The number of carbonyl (C=O) groups is 1. The van der Waals surface area contributed by atoms with Crippen molar-refractivity contribution in [2.75, 3.05) is 6.54 Å². The van der Waals surface area contributed by atoms with E-state index in [0.717, 1.165) is 34.9 Å². The van der Waals surface area contributed by atoms with Crippen LogP contribution in [0.2, 0.25) is 0 Å². The number of hydrogen-bond acceptors (Lipinski definition) is 1. The molecule has 1 aromatic rings. The molecular formula is C14H16INO. The van der Waals surface area contributed by atoms with Gasteiger partial charge in [0.1, 0.15) is 0 Å². The molecule has 0 spiro atoms. The van der Waals surface area contributed by atoms with Gasteiger partial charge in [-0.25, -0.2) is 0 Å². The number of likely N-dealkylation sites (tertiary alicyclic amines) is 1. The molecule has 0 radical (unpaired) electrons. The van der Waals surface area contributed by atoms with Gasteiger partial charge in [0, 0.05) is 16.2 Å². The number of hydrogen-bond donors (Lipinski definition) is 0. The first kappa shape index (κ1) is 12.6. The Morgan fingerprint density at radius 2 is 2.29 bits per heavy atom. The minimum absolute atomic E-state index is 0.166. The third kappa shape index (κ3) is 2.70. The van der Waals surface area contributed by atoms with Crippen LogP contribution < -0.4 is 0 Å². The summed E-state index contributed by atoms with van der Waals surface area (Å²) in [6.07, 6.45) is 5.01. The van der Waals surface area contributed by atoms with Crippen molar-refractivity contribution in [3.63, 3.8) is 0 Å². The van der Waals surface area contributed by atoms with Gasteiger partial charge in [-0.15, -0.1) is 6.58 Å². The zero-order valence-electron chi connectivity index (χ0n) is 9.73. The molecular weight excluding hydrogens is 325 g/mol. The van der Waals surface area contributed by atoms with Gasteiger partial charge >= 0.3 is 0 Å². The fourth-order valence-corrected chi connectivity index (χ4v) is 2.95. The Bertz CT molecular complexity index is 430. The van der Waals surface area contributed by atoms with E-state index in [2.05, 4.69) is 29.2 Å². The molecule has 2 rings (SSSR count). The molecule has 1 fully saturated rings. The molecule has 1 aliphatic rings. The SMILES string of the molecule is C=CCC1CCCN1C(=O)c1ccccc1I. The highest BCUT2D eigenvalue weighted by Crippen LogP contribution is 2.24. The van der Waals surface area contributed by atoms with Gasteiger partial charge in [0.15, 0.2) is 0 Å². The van der Waals surface area contributed by atoms with E-state index < -0.39 is 0 Å². The third-order valence-corrected chi connectivity index (χ3v) is 4.12. The lowest BCUT2D eigenvalue weighted by atomic mass is 10.1. The average Bonchev–Trinajstić information content (AvgIpc) is 2.78. The van der Waals surface area contributed by atoms with Crippen LogP contribution in [-0.2, 0) is 0 Å². The van der Waals surface area contributed by atoms with Gasteiger partial charge in [0.25, 0.3) is 5.91 Å². The molecule has 0 aromatic heterocycles. The van der Waals surface area contributed by atoms with Crippen LogP contribution >= 0.6 is 22.6 Å². The molecule has 0 bridgehead atoms. The summed E-state index contributed by atoms with van der Waals surface area (Å²) in [6, 6.07) is 8.12. The molecule has 1 amide bonds. The van der Waals surface area contributed by atoms with Crippen molar-refractivity contribution >= 4 is 28.5 Å². The van der Waals surface area contributed by atoms with E-state index in [1.54, 1.807) is 0 Å². The molecule has 1 aliphatic heterocycles. The largest absolute Gasteiger partial charge is 0.335 e. The third-order valence-electron chi connectivity index (χ3n) is 3.18. The Morgan fingerprint density at radius 3 is 3.00 bits per heavy atom. The first-order valence-corrected chi connectivity index (χ1v) is 6.98. The van der Waals surface area contributed by atoms with Crippen LogP contribution in [0.15, 0.2) is 36.9 Å². The van der Waals surface area contributed by atoms with Crippen molar-refractivity contribution < 1.29 is 4.79 Å². The maximum absolute atomic E-state index is 12.4. The predicted molar refractivity (Wildman–Crippen MR) is 78.0 cm³/mol. The summed E-state index contributed by atoms with van der Waals surface area (Å²) >= 11 is 2.22. The first-order valence-electron chi connectivity index (χ1n) is 5.90. The van der Waals surface area contributed by atoms with Crippen LogP contribution in [0.25, 0.3) is 0 Å². The number of nitrogens with zero attached hydrogens (tertiary/aromatic N) is 1. The van der Waals surface area contributed by atoms with Crippen molar-refractivity contribution in [3.05, 3.63) is 46.1 Å². The Balaban J connectivity index is 2.20. The standard InChI is InChI=1S/C14H16INO/c1-2-6-11-7-5-10-16(11)14(17)12-8-3-4-9-13(12)15/h2-4,8-9,11H,1,5-7,10H2. The molecule has 0 aliphatic carbocycles. The molecule has 0 N–H and O–H groups in total. The fourth-order valence-electron chi connectivity index (χ4n) is 2.33. The second-order valence-corrected chi connectivity index (χ2v) is 5.46. The van der Waals surface area contributed by atoms with E-state index in [0.29, 0.717) is 6.04 Å². The fraction of sp³-hybridized carbons (Fsp3) is 0.357. The number of amides is 1. The molecule has 17 heavy (non-hydrogen) atoms. The van der Waals surface area contributed by atoms with Gasteiger partial charge in [0.05, 0.1) is 5.56 Å². The smallest absolute Gasteiger partial charge is 0.255 e. The summed E-state index contributed by atoms with van der Waals surface area (Å²) in [5.74, 6) is 0.166. The van der Waals surface area contributed by atoms with Crippen molar-refractivity contribution in [2.45, 2.75) is 25.3 Å². The summed E-state index contributed by atoms with van der Waals surface area (Å²) < 4.78 is 1.03. The summed E-state index contributed by atoms with van der Waals surface area (Å²) in [5.41, 5.74) is 0.823. The summed E-state index contributed by atoms with van der Waals surface area (Å²) in [4.78, 5) is 14.4. The molecule has 1 aromatic carbocycles. The lowest BCUT2D eigenvalue weighted by molar-refractivity contribution is 0.0737. The van der Waals surface area contributed by atoms with E-state index in [-0.39, 0.29) is 5.91 Å². The molecule has 90 valence electrons. The van der Waals surface area contributed by atoms with Crippen LogP contribution in [0.4, 0.5) is 0 Å². The van der Waals surface area contributed by atoms with Crippen molar-refractivity contribution in [2.24, 2.45) is 0 Å². The second kappa shape index (κ2) is 5.67. The Hall–Kier alpha value is -0.840. The molecule has 2 nitrogen and oxygen atoms in total. The molecule has 3 heteroatoms. The quantitative estimate of drug-likeness (QED) is 0.609. The van der Waals surface area contributed by atoms with E-state index in [1.165, 1.54) is 0 Å². The molecule has 1 heterocycles. The van der Waals surface area contributed by atoms with Crippen LogP contribution in [0.5, 0.6) is 0 Å². The zero-order valence-corrected chi connectivity index (χ0v) is 11.9. The van der Waals surface area contributed by atoms with Crippen LogP contribution in [0, 0.1) is 3.57 Å². The van der Waals surface area contributed by atoms with Crippen LogP contribution in [0.1, 0.15) is 29.6 Å². The van der Waals surface area contributed by atoms with Gasteiger partial charge in [-0.2, -0.15) is 0 Å². The summed E-state index contributed by atoms with van der Waals surface area (Å²) in [5, 5.41) is 0.